The van der Waals surface area contributed by atoms with E-state index in [4.69, 9.17) is 0 Å². The van der Waals surface area contributed by atoms with Crippen LogP contribution in [0.5, 0.6) is 0 Å². The first kappa shape index (κ1) is 18.7. The number of carbonyl (C=O) groups is 1. The van der Waals surface area contributed by atoms with Crippen LogP contribution in [-0.2, 0) is 4.79 Å². The molecule has 1 heterocycles. The fourth-order valence-corrected chi connectivity index (χ4v) is 3.09. The monoisotopic (exact) mass is 329 g/mol. The van der Waals surface area contributed by atoms with Crippen molar-refractivity contribution in [2.75, 3.05) is 40.3 Å². The van der Waals surface area contributed by atoms with Crippen LogP contribution in [0.2, 0.25) is 0 Å². The number of rotatable bonds is 8. The minimum atomic E-state index is -0.00986. The number of benzene rings is 1. The number of piperidine rings is 1. The first-order valence-corrected chi connectivity index (χ1v) is 9.04. The number of amides is 1. The molecule has 1 unspecified atom stereocenters. The van der Waals surface area contributed by atoms with E-state index in [9.17, 15) is 4.79 Å². The van der Waals surface area contributed by atoms with Gasteiger partial charge in [-0.3, -0.25) is 4.79 Å². The van der Waals surface area contributed by atoms with Gasteiger partial charge in [0.2, 0.25) is 5.91 Å². The van der Waals surface area contributed by atoms with E-state index in [0.717, 1.165) is 19.5 Å². The zero-order chi connectivity index (χ0) is 17.2. The molecule has 4 nitrogen and oxygen atoms in total. The maximum absolute atomic E-state index is 12.2. The van der Waals surface area contributed by atoms with Gasteiger partial charge in [-0.15, -0.1) is 0 Å². The Morgan fingerprint density at radius 2 is 1.92 bits per heavy atom. The predicted octanol–water partition coefficient (Wildman–Crippen LogP) is 2.84. The topological polar surface area (TPSA) is 35.6 Å². The highest BCUT2D eigenvalue weighted by Crippen LogP contribution is 2.18. The first-order chi connectivity index (χ1) is 11.6. The molecular formula is C20H31N3O. The van der Waals surface area contributed by atoms with Crippen LogP contribution >= 0.6 is 0 Å². The molecule has 0 spiro atoms. The summed E-state index contributed by atoms with van der Waals surface area (Å²) in [6.45, 7) is 4.20. The van der Waals surface area contributed by atoms with Crippen molar-refractivity contribution in [3.63, 3.8) is 0 Å². The van der Waals surface area contributed by atoms with Crippen LogP contribution < -0.4 is 5.32 Å². The maximum atomic E-state index is 12.2. The number of likely N-dealkylation sites (N-methyl/N-ethyl adjacent to an activating group) is 1. The quantitative estimate of drug-likeness (QED) is 0.745. The molecule has 0 aromatic heterocycles. The summed E-state index contributed by atoms with van der Waals surface area (Å²) in [6.07, 6.45) is 8.47. The molecule has 1 aliphatic heterocycles. The second-order valence-electron chi connectivity index (χ2n) is 6.83. The molecule has 0 saturated carbocycles. The van der Waals surface area contributed by atoms with Crippen LogP contribution in [0.3, 0.4) is 0 Å². The van der Waals surface area contributed by atoms with E-state index in [0.29, 0.717) is 0 Å². The fourth-order valence-electron chi connectivity index (χ4n) is 3.09. The van der Waals surface area contributed by atoms with E-state index < -0.39 is 0 Å². The van der Waals surface area contributed by atoms with Gasteiger partial charge in [-0.1, -0.05) is 42.8 Å². The lowest BCUT2D eigenvalue weighted by atomic mass is 10.0. The van der Waals surface area contributed by atoms with Gasteiger partial charge >= 0.3 is 0 Å². The minimum Gasteiger partial charge on any atom is -0.346 e. The van der Waals surface area contributed by atoms with Gasteiger partial charge < -0.3 is 15.1 Å². The highest BCUT2D eigenvalue weighted by molar-refractivity contribution is 5.87. The molecule has 4 heteroatoms. The normalized spacial score (nSPS) is 17.3. The molecule has 1 atom stereocenters. The molecule has 2 rings (SSSR count). The number of carbonyl (C=O) groups excluding carboxylic acids is 1. The Hall–Kier alpha value is -1.65. The molecule has 1 aromatic carbocycles. The van der Waals surface area contributed by atoms with Crippen molar-refractivity contribution < 1.29 is 4.79 Å². The molecule has 1 amide bonds. The van der Waals surface area contributed by atoms with Crippen molar-refractivity contribution in [3.8, 4) is 0 Å². The van der Waals surface area contributed by atoms with Crippen LogP contribution in [0.4, 0.5) is 0 Å². The summed E-state index contributed by atoms with van der Waals surface area (Å²) in [4.78, 5) is 16.8. The van der Waals surface area contributed by atoms with Crippen LogP contribution in [0, 0.1) is 0 Å². The number of hydrogen-bond donors (Lipinski definition) is 1. The summed E-state index contributed by atoms with van der Waals surface area (Å²) in [7, 11) is 3.99. The third kappa shape index (κ3) is 6.85. The molecule has 132 valence electrons. The maximum Gasteiger partial charge on any atom is 0.244 e. The lowest BCUT2D eigenvalue weighted by Crippen LogP contribution is -2.34. The lowest BCUT2D eigenvalue weighted by molar-refractivity contribution is -0.117. The molecule has 24 heavy (non-hydrogen) atoms. The van der Waals surface area contributed by atoms with Crippen LogP contribution in [0.1, 0.15) is 37.3 Å². The molecule has 1 N–H and O–H groups in total. The predicted molar refractivity (Wildman–Crippen MR) is 99.9 cm³/mol. The molecular weight excluding hydrogens is 298 g/mol. The molecule has 0 aliphatic carbocycles. The van der Waals surface area contributed by atoms with Crippen LogP contribution in [0.15, 0.2) is 42.5 Å². The Labute approximate surface area is 146 Å². The summed E-state index contributed by atoms with van der Waals surface area (Å²) in [5.74, 6) is -0.00986. The van der Waals surface area contributed by atoms with Gasteiger partial charge in [-0.2, -0.15) is 0 Å². The van der Waals surface area contributed by atoms with Crippen molar-refractivity contribution in [2.45, 2.75) is 31.7 Å². The Kier molecular flexibility index (Phi) is 7.99. The van der Waals surface area contributed by atoms with Gasteiger partial charge in [-0.05, 0) is 52.0 Å². The Morgan fingerprint density at radius 1 is 1.21 bits per heavy atom. The van der Waals surface area contributed by atoms with Gasteiger partial charge in [0.1, 0.15) is 0 Å². The highest BCUT2D eigenvalue weighted by atomic mass is 16.1. The van der Waals surface area contributed by atoms with Gasteiger partial charge in [0.25, 0.3) is 0 Å². The molecule has 1 fully saturated rings. The molecule has 1 aromatic rings. The highest BCUT2D eigenvalue weighted by Gasteiger charge is 2.16. The van der Waals surface area contributed by atoms with Crippen molar-refractivity contribution in [3.05, 3.63) is 48.0 Å². The van der Waals surface area contributed by atoms with Crippen molar-refractivity contribution in [1.29, 1.82) is 0 Å². The third-order valence-corrected chi connectivity index (χ3v) is 4.44. The number of hydrogen-bond acceptors (Lipinski definition) is 3. The molecule has 1 aliphatic rings. The molecule has 1 saturated heterocycles. The fraction of sp³-hybridized carbons (Fsp3) is 0.550. The van der Waals surface area contributed by atoms with E-state index in [-0.39, 0.29) is 11.9 Å². The average molecular weight is 329 g/mol. The second-order valence-corrected chi connectivity index (χ2v) is 6.83. The first-order valence-electron chi connectivity index (χ1n) is 9.04. The van der Waals surface area contributed by atoms with Crippen molar-refractivity contribution in [1.82, 2.24) is 15.1 Å². The number of nitrogens with zero attached hydrogens (tertiary/aromatic N) is 2. The van der Waals surface area contributed by atoms with Gasteiger partial charge in [0, 0.05) is 19.2 Å². The summed E-state index contributed by atoms with van der Waals surface area (Å²) in [6, 6.07) is 10.4. The SMILES string of the molecule is CN(C)C/C=C/C(=O)NC(CCN1CCCCC1)c1ccccc1. The van der Waals surface area contributed by atoms with E-state index in [1.165, 1.54) is 37.9 Å². The van der Waals surface area contributed by atoms with Gasteiger partial charge in [0.05, 0.1) is 6.04 Å². The summed E-state index contributed by atoms with van der Waals surface area (Å²) in [5, 5.41) is 3.18. The largest absolute Gasteiger partial charge is 0.346 e. The average Bonchev–Trinajstić information content (AvgIpc) is 2.60. The van der Waals surface area contributed by atoms with Crippen molar-refractivity contribution in [2.24, 2.45) is 0 Å². The Morgan fingerprint density at radius 3 is 2.58 bits per heavy atom. The molecule has 0 radical (unpaired) electrons. The van der Waals surface area contributed by atoms with E-state index in [2.05, 4.69) is 22.3 Å². The number of likely N-dealkylation sites (tertiary alicyclic amines) is 1. The van der Waals surface area contributed by atoms with E-state index >= 15 is 0 Å². The standard InChI is InChI=1S/C20H31N3O/c1-22(2)14-9-12-20(24)21-19(18-10-5-3-6-11-18)13-17-23-15-7-4-8-16-23/h3,5-6,9-12,19H,4,7-8,13-17H2,1-2H3,(H,21,24)/b12-9+. The van der Waals surface area contributed by atoms with E-state index in [1.54, 1.807) is 6.08 Å². The zero-order valence-corrected chi connectivity index (χ0v) is 15.1. The smallest absolute Gasteiger partial charge is 0.244 e. The summed E-state index contributed by atoms with van der Waals surface area (Å²) in [5.41, 5.74) is 1.18. The summed E-state index contributed by atoms with van der Waals surface area (Å²) >= 11 is 0. The second kappa shape index (κ2) is 10.3. The third-order valence-electron chi connectivity index (χ3n) is 4.44. The van der Waals surface area contributed by atoms with Gasteiger partial charge in [0.15, 0.2) is 0 Å². The van der Waals surface area contributed by atoms with Crippen LogP contribution in [0.25, 0.3) is 0 Å². The van der Waals surface area contributed by atoms with Crippen LogP contribution in [-0.4, -0.2) is 56.0 Å². The summed E-state index contributed by atoms with van der Waals surface area (Å²) < 4.78 is 0. The minimum absolute atomic E-state index is 0.00986. The molecule has 0 bridgehead atoms. The Bertz CT molecular complexity index is 507. The number of nitrogens with one attached hydrogen (secondary N) is 1. The lowest BCUT2D eigenvalue weighted by Gasteiger charge is -2.28. The Balaban J connectivity index is 1.92. The van der Waals surface area contributed by atoms with Crippen molar-refractivity contribution >= 4 is 5.91 Å². The van der Waals surface area contributed by atoms with E-state index in [1.807, 2.05) is 43.3 Å². The zero-order valence-electron chi connectivity index (χ0n) is 15.1. The van der Waals surface area contributed by atoms with Gasteiger partial charge in [-0.25, -0.2) is 0 Å².